The molecule has 4 rings (SSSR count). The van der Waals surface area contributed by atoms with Crippen molar-refractivity contribution in [2.24, 2.45) is 5.92 Å². The van der Waals surface area contributed by atoms with E-state index in [1.165, 1.54) is 17.3 Å². The van der Waals surface area contributed by atoms with Gasteiger partial charge in [0.25, 0.3) is 5.22 Å². The summed E-state index contributed by atoms with van der Waals surface area (Å²) in [7, 11) is -2.91. The molecule has 1 aromatic heterocycles. The van der Waals surface area contributed by atoms with E-state index in [0.717, 1.165) is 12.1 Å². The summed E-state index contributed by atoms with van der Waals surface area (Å²) in [6.45, 7) is 2.04. The van der Waals surface area contributed by atoms with Crippen molar-refractivity contribution in [3.63, 3.8) is 0 Å². The molecule has 2 aliphatic rings. The van der Waals surface area contributed by atoms with E-state index in [1.807, 2.05) is 30.0 Å². The fraction of sp³-hybridized carbons (Fsp3) is 0.500. The highest BCUT2D eigenvalue weighted by Crippen LogP contribution is 2.33. The molecule has 0 aliphatic carbocycles. The smallest absolute Gasteiger partial charge is 0.277 e. The molecule has 2 aromatic rings. The van der Waals surface area contributed by atoms with Crippen LogP contribution in [0.4, 0.5) is 5.69 Å². The lowest BCUT2D eigenvalue weighted by molar-refractivity contribution is -0.116. The number of hydrogen-bond acceptors (Lipinski definition) is 7. The topological polar surface area (TPSA) is 93.4 Å². The second kappa shape index (κ2) is 7.27. The predicted octanol–water partition coefficient (Wildman–Crippen LogP) is 2.12. The van der Waals surface area contributed by atoms with Gasteiger partial charge in [-0.05, 0) is 37.3 Å². The fourth-order valence-electron chi connectivity index (χ4n) is 3.80. The number of sulfone groups is 1. The Kier molecular flexibility index (Phi) is 4.98. The zero-order chi connectivity index (χ0) is 19.0. The molecule has 0 spiro atoms. The Hall–Kier alpha value is -1.87. The van der Waals surface area contributed by atoms with Crippen LogP contribution in [0.1, 0.15) is 24.8 Å². The molecule has 2 unspecified atom stereocenters. The van der Waals surface area contributed by atoms with Crippen LogP contribution in [0.15, 0.2) is 33.9 Å². The number of nitrogens with zero attached hydrogens (tertiary/aromatic N) is 3. The highest BCUT2D eigenvalue weighted by molar-refractivity contribution is 7.99. The number of para-hydroxylation sites is 1. The number of rotatable bonds is 5. The van der Waals surface area contributed by atoms with Crippen LogP contribution in [0.5, 0.6) is 0 Å². The van der Waals surface area contributed by atoms with Gasteiger partial charge in [0.2, 0.25) is 11.8 Å². The number of anilines is 1. The molecule has 2 atom stereocenters. The average Bonchev–Trinajstić information content (AvgIpc) is 3.29. The molecule has 1 saturated heterocycles. The van der Waals surface area contributed by atoms with Crippen molar-refractivity contribution >= 4 is 33.2 Å². The molecule has 9 heteroatoms. The highest BCUT2D eigenvalue weighted by atomic mass is 32.2. The van der Waals surface area contributed by atoms with Crippen LogP contribution in [0.3, 0.4) is 0 Å². The summed E-state index contributed by atoms with van der Waals surface area (Å²) in [5.41, 5.74) is 2.17. The van der Waals surface area contributed by atoms with Gasteiger partial charge in [0, 0.05) is 18.2 Å². The largest absolute Gasteiger partial charge is 0.416 e. The molecule has 2 aliphatic heterocycles. The van der Waals surface area contributed by atoms with Gasteiger partial charge in [-0.25, -0.2) is 8.42 Å². The van der Waals surface area contributed by atoms with Gasteiger partial charge in [0.05, 0.1) is 17.3 Å². The van der Waals surface area contributed by atoms with Crippen molar-refractivity contribution in [3.05, 3.63) is 35.7 Å². The summed E-state index contributed by atoms with van der Waals surface area (Å²) >= 11 is 1.22. The normalized spacial score (nSPS) is 23.5. The standard InChI is InChI=1S/C18H21N3O4S2/c1-12-8-14-4-2-3-5-15(14)21(12)17(22)10-26-18-20-19-16(25-18)9-13-6-7-27(23,24)11-13/h2-5,12-13H,6-11H2,1H3. The molecule has 1 aromatic carbocycles. The molecule has 0 radical (unpaired) electrons. The molecular formula is C18H21N3O4S2. The molecule has 0 N–H and O–H groups in total. The molecule has 0 saturated carbocycles. The zero-order valence-corrected chi connectivity index (χ0v) is 16.6. The van der Waals surface area contributed by atoms with Crippen molar-refractivity contribution in [1.82, 2.24) is 10.2 Å². The SMILES string of the molecule is CC1Cc2ccccc2N1C(=O)CSc1nnc(CC2CCS(=O)(=O)C2)o1. The van der Waals surface area contributed by atoms with Gasteiger partial charge >= 0.3 is 0 Å². The minimum atomic E-state index is -2.91. The molecule has 144 valence electrons. The minimum absolute atomic E-state index is 0.0130. The quantitative estimate of drug-likeness (QED) is 0.701. The van der Waals surface area contributed by atoms with Gasteiger partial charge < -0.3 is 9.32 Å². The minimum Gasteiger partial charge on any atom is -0.416 e. The van der Waals surface area contributed by atoms with Crippen molar-refractivity contribution < 1.29 is 17.6 Å². The van der Waals surface area contributed by atoms with Crippen LogP contribution in [0.25, 0.3) is 0 Å². The Morgan fingerprint density at radius 2 is 2.15 bits per heavy atom. The first kappa shape index (κ1) is 18.5. The third kappa shape index (κ3) is 4.03. The lowest BCUT2D eigenvalue weighted by Gasteiger charge is -2.22. The van der Waals surface area contributed by atoms with Gasteiger partial charge in [-0.3, -0.25) is 4.79 Å². The molecule has 7 nitrogen and oxygen atoms in total. The van der Waals surface area contributed by atoms with E-state index in [0.29, 0.717) is 24.0 Å². The second-order valence-electron chi connectivity index (χ2n) is 7.17. The highest BCUT2D eigenvalue weighted by Gasteiger charge is 2.31. The van der Waals surface area contributed by atoms with Crippen LogP contribution < -0.4 is 4.90 Å². The third-order valence-corrected chi connectivity index (χ3v) is 7.67. The van der Waals surface area contributed by atoms with Gasteiger partial charge in [-0.1, -0.05) is 30.0 Å². The molecule has 1 amide bonds. The van der Waals surface area contributed by atoms with E-state index < -0.39 is 9.84 Å². The average molecular weight is 408 g/mol. The van der Waals surface area contributed by atoms with Gasteiger partial charge in [0.15, 0.2) is 9.84 Å². The Morgan fingerprint density at radius 3 is 2.93 bits per heavy atom. The summed E-state index contributed by atoms with van der Waals surface area (Å²) < 4.78 is 28.7. The fourth-order valence-corrected chi connectivity index (χ4v) is 6.30. The van der Waals surface area contributed by atoms with Crippen LogP contribution in [-0.2, 0) is 27.5 Å². The second-order valence-corrected chi connectivity index (χ2v) is 10.3. The van der Waals surface area contributed by atoms with Gasteiger partial charge in [-0.2, -0.15) is 0 Å². The molecular weight excluding hydrogens is 386 g/mol. The van der Waals surface area contributed by atoms with Crippen molar-refractivity contribution in [2.45, 2.75) is 37.5 Å². The van der Waals surface area contributed by atoms with Crippen LogP contribution >= 0.6 is 11.8 Å². The van der Waals surface area contributed by atoms with E-state index in [1.54, 1.807) is 0 Å². The first-order chi connectivity index (χ1) is 12.9. The molecule has 27 heavy (non-hydrogen) atoms. The Balaban J connectivity index is 1.34. The maximum absolute atomic E-state index is 12.7. The monoisotopic (exact) mass is 407 g/mol. The number of amides is 1. The lowest BCUT2D eigenvalue weighted by Crippen LogP contribution is -2.36. The van der Waals surface area contributed by atoms with Crippen molar-refractivity contribution in [2.75, 3.05) is 22.2 Å². The molecule has 0 bridgehead atoms. The summed E-state index contributed by atoms with van der Waals surface area (Å²) in [4.78, 5) is 14.5. The number of hydrogen-bond donors (Lipinski definition) is 0. The maximum atomic E-state index is 12.7. The number of carbonyl (C=O) groups is 1. The number of aromatic nitrogens is 2. The molecule has 1 fully saturated rings. The Bertz CT molecular complexity index is 957. The summed E-state index contributed by atoms with van der Waals surface area (Å²) in [5.74, 6) is 1.13. The summed E-state index contributed by atoms with van der Waals surface area (Å²) in [6.07, 6.45) is 1.97. The van der Waals surface area contributed by atoms with E-state index >= 15 is 0 Å². The first-order valence-electron chi connectivity index (χ1n) is 8.97. The number of fused-ring (bicyclic) bond motifs is 1. The zero-order valence-electron chi connectivity index (χ0n) is 15.0. The van der Waals surface area contributed by atoms with E-state index in [9.17, 15) is 13.2 Å². The predicted molar refractivity (Wildman–Crippen MR) is 103 cm³/mol. The van der Waals surface area contributed by atoms with Crippen molar-refractivity contribution in [3.8, 4) is 0 Å². The van der Waals surface area contributed by atoms with E-state index in [-0.39, 0.29) is 35.1 Å². The number of carbonyl (C=O) groups excluding carboxylic acids is 1. The number of thioether (sulfide) groups is 1. The Morgan fingerprint density at radius 1 is 1.33 bits per heavy atom. The first-order valence-corrected chi connectivity index (χ1v) is 11.8. The third-order valence-electron chi connectivity index (χ3n) is 5.03. The van der Waals surface area contributed by atoms with Gasteiger partial charge in [0.1, 0.15) is 0 Å². The summed E-state index contributed by atoms with van der Waals surface area (Å²) in [6, 6.07) is 8.10. The lowest BCUT2D eigenvalue weighted by atomic mass is 10.1. The number of benzene rings is 1. The maximum Gasteiger partial charge on any atom is 0.277 e. The van der Waals surface area contributed by atoms with Crippen LogP contribution in [-0.4, -0.2) is 47.8 Å². The molecule has 3 heterocycles. The van der Waals surface area contributed by atoms with Crippen LogP contribution in [0.2, 0.25) is 0 Å². The van der Waals surface area contributed by atoms with Crippen LogP contribution in [0, 0.1) is 5.92 Å². The summed E-state index contributed by atoms with van der Waals surface area (Å²) in [5, 5.41) is 8.33. The van der Waals surface area contributed by atoms with E-state index in [4.69, 9.17) is 4.42 Å². The Labute approximate surface area is 162 Å². The van der Waals surface area contributed by atoms with Crippen molar-refractivity contribution in [1.29, 1.82) is 0 Å². The van der Waals surface area contributed by atoms with Gasteiger partial charge in [-0.15, -0.1) is 10.2 Å². The van der Waals surface area contributed by atoms with E-state index in [2.05, 4.69) is 16.3 Å².